The highest BCUT2D eigenvalue weighted by Gasteiger charge is 2.11. The molecule has 6 heteroatoms. The highest BCUT2D eigenvalue weighted by Crippen LogP contribution is 2.20. The molecule has 0 fully saturated rings. The van der Waals surface area contributed by atoms with Crippen molar-refractivity contribution in [2.24, 2.45) is 5.92 Å². The minimum atomic E-state index is 0.0416. The third-order valence-electron chi connectivity index (χ3n) is 3.07. The first kappa shape index (κ1) is 17.2. The average molecular weight is 293 g/mol. The molecule has 1 aromatic heterocycles. The zero-order valence-corrected chi connectivity index (χ0v) is 13.7. The summed E-state index contributed by atoms with van der Waals surface area (Å²) in [6.45, 7) is 11.3. The van der Waals surface area contributed by atoms with E-state index < -0.39 is 0 Å². The number of nitrogens with zero attached hydrogens (tertiary/aromatic N) is 2. The van der Waals surface area contributed by atoms with Gasteiger partial charge in [-0.1, -0.05) is 27.7 Å². The number of hydrogen-bond acceptors (Lipinski definition) is 5. The molecule has 0 unspecified atom stereocenters. The summed E-state index contributed by atoms with van der Waals surface area (Å²) in [5, 5.41) is 6.06. The van der Waals surface area contributed by atoms with Crippen molar-refractivity contribution in [1.29, 1.82) is 0 Å². The summed E-state index contributed by atoms with van der Waals surface area (Å²) in [7, 11) is 0. The Labute approximate surface area is 126 Å². The van der Waals surface area contributed by atoms with Crippen LogP contribution in [0.3, 0.4) is 0 Å². The lowest BCUT2D eigenvalue weighted by Gasteiger charge is -2.13. The second-order valence-corrected chi connectivity index (χ2v) is 5.97. The van der Waals surface area contributed by atoms with Crippen LogP contribution in [0.15, 0.2) is 0 Å². The molecule has 0 aromatic carbocycles. The summed E-state index contributed by atoms with van der Waals surface area (Å²) in [5.74, 6) is 2.62. The first-order valence-electron chi connectivity index (χ1n) is 7.45. The number of nitrogen functional groups attached to an aromatic ring is 1. The minimum Gasteiger partial charge on any atom is -0.383 e. The molecule has 0 bridgehead atoms. The van der Waals surface area contributed by atoms with Gasteiger partial charge in [-0.3, -0.25) is 4.79 Å². The highest BCUT2D eigenvalue weighted by atomic mass is 16.1. The molecular formula is C15H27N5O. The Hall–Kier alpha value is -1.85. The summed E-state index contributed by atoms with van der Waals surface area (Å²) in [6.07, 6.45) is 0.410. The summed E-state index contributed by atoms with van der Waals surface area (Å²) >= 11 is 0. The van der Waals surface area contributed by atoms with Crippen molar-refractivity contribution in [3.05, 3.63) is 11.4 Å². The predicted molar refractivity (Wildman–Crippen MR) is 86.2 cm³/mol. The van der Waals surface area contributed by atoms with Gasteiger partial charge in [0.15, 0.2) is 0 Å². The summed E-state index contributed by atoms with van der Waals surface area (Å²) in [4.78, 5) is 20.4. The Kier molecular flexibility index (Phi) is 6.39. The predicted octanol–water partition coefficient (Wildman–Crippen LogP) is 2.06. The van der Waals surface area contributed by atoms with E-state index in [-0.39, 0.29) is 11.8 Å². The van der Waals surface area contributed by atoms with Crippen molar-refractivity contribution in [1.82, 2.24) is 15.3 Å². The van der Waals surface area contributed by atoms with Crippen molar-refractivity contribution < 1.29 is 4.79 Å². The van der Waals surface area contributed by atoms with Crippen LogP contribution in [0.25, 0.3) is 0 Å². The van der Waals surface area contributed by atoms with Gasteiger partial charge >= 0.3 is 0 Å². The van der Waals surface area contributed by atoms with Crippen LogP contribution in [0.2, 0.25) is 0 Å². The summed E-state index contributed by atoms with van der Waals surface area (Å²) in [5.41, 5.74) is 6.72. The average Bonchev–Trinajstić information content (AvgIpc) is 2.40. The Morgan fingerprint density at radius 2 is 1.90 bits per heavy atom. The fourth-order valence-corrected chi connectivity index (χ4v) is 1.68. The second kappa shape index (κ2) is 7.81. The molecule has 0 atom stereocenters. The SMILES string of the molecule is Cc1c(N)nc(C(C)C)nc1NCCC(=O)NCC(C)C. The molecule has 0 aliphatic rings. The fourth-order valence-electron chi connectivity index (χ4n) is 1.68. The topological polar surface area (TPSA) is 92.9 Å². The highest BCUT2D eigenvalue weighted by molar-refractivity contribution is 5.76. The molecule has 6 nitrogen and oxygen atoms in total. The van der Waals surface area contributed by atoms with E-state index >= 15 is 0 Å². The fraction of sp³-hybridized carbons (Fsp3) is 0.667. The van der Waals surface area contributed by atoms with E-state index in [4.69, 9.17) is 5.73 Å². The van der Waals surface area contributed by atoms with E-state index in [0.717, 1.165) is 5.56 Å². The van der Waals surface area contributed by atoms with Gasteiger partial charge in [-0.15, -0.1) is 0 Å². The molecule has 0 spiro atoms. The molecule has 0 saturated heterocycles. The van der Waals surface area contributed by atoms with Crippen LogP contribution >= 0.6 is 0 Å². The van der Waals surface area contributed by atoms with Crippen LogP contribution < -0.4 is 16.4 Å². The van der Waals surface area contributed by atoms with E-state index in [0.29, 0.717) is 42.9 Å². The van der Waals surface area contributed by atoms with Gasteiger partial charge in [0.05, 0.1) is 0 Å². The van der Waals surface area contributed by atoms with Gasteiger partial charge in [-0.25, -0.2) is 9.97 Å². The molecule has 4 N–H and O–H groups in total. The number of nitrogens with two attached hydrogens (primary N) is 1. The van der Waals surface area contributed by atoms with Crippen molar-refractivity contribution >= 4 is 17.5 Å². The maximum Gasteiger partial charge on any atom is 0.221 e. The number of rotatable bonds is 7. The van der Waals surface area contributed by atoms with Gasteiger partial charge in [0.2, 0.25) is 5.91 Å². The third-order valence-corrected chi connectivity index (χ3v) is 3.07. The smallest absolute Gasteiger partial charge is 0.221 e. The minimum absolute atomic E-state index is 0.0416. The van der Waals surface area contributed by atoms with Crippen molar-refractivity contribution in [2.45, 2.75) is 47.0 Å². The van der Waals surface area contributed by atoms with Crippen LogP contribution in [-0.4, -0.2) is 29.0 Å². The lowest BCUT2D eigenvalue weighted by molar-refractivity contribution is -0.120. The Bertz CT molecular complexity index is 485. The standard InChI is InChI=1S/C15H27N5O/c1-9(2)8-18-12(21)6-7-17-15-11(5)13(16)19-14(20-15)10(3)4/h9-10H,6-8H2,1-5H3,(H,18,21)(H3,16,17,19,20). The summed E-state index contributed by atoms with van der Waals surface area (Å²) < 4.78 is 0. The molecule has 118 valence electrons. The normalized spacial score (nSPS) is 11.0. The van der Waals surface area contributed by atoms with Gasteiger partial charge < -0.3 is 16.4 Å². The third kappa shape index (κ3) is 5.57. The monoisotopic (exact) mass is 293 g/mol. The van der Waals surface area contributed by atoms with Crippen LogP contribution in [-0.2, 0) is 4.79 Å². The lowest BCUT2D eigenvalue weighted by atomic mass is 10.2. The van der Waals surface area contributed by atoms with Gasteiger partial charge in [-0.2, -0.15) is 0 Å². The number of carbonyl (C=O) groups excluding carboxylic acids is 1. The number of anilines is 2. The van der Waals surface area contributed by atoms with Gasteiger partial charge in [0, 0.05) is 31.0 Å². The molecule has 0 aliphatic carbocycles. The van der Waals surface area contributed by atoms with Crippen molar-refractivity contribution in [2.75, 3.05) is 24.1 Å². The first-order chi connectivity index (χ1) is 9.81. The summed E-state index contributed by atoms with van der Waals surface area (Å²) in [6, 6.07) is 0. The number of aromatic nitrogens is 2. The number of hydrogen-bond donors (Lipinski definition) is 3. The quantitative estimate of drug-likeness (QED) is 0.715. The molecular weight excluding hydrogens is 266 g/mol. The first-order valence-corrected chi connectivity index (χ1v) is 7.45. The Morgan fingerprint density at radius 1 is 1.24 bits per heavy atom. The van der Waals surface area contributed by atoms with E-state index in [9.17, 15) is 4.79 Å². The van der Waals surface area contributed by atoms with Crippen LogP contribution in [0.1, 0.15) is 51.4 Å². The second-order valence-electron chi connectivity index (χ2n) is 5.97. The number of nitrogens with one attached hydrogen (secondary N) is 2. The Morgan fingerprint density at radius 3 is 2.48 bits per heavy atom. The zero-order valence-electron chi connectivity index (χ0n) is 13.7. The Balaban J connectivity index is 2.57. The van der Waals surface area contributed by atoms with E-state index in [1.54, 1.807) is 0 Å². The number of amides is 1. The molecule has 0 radical (unpaired) electrons. The maximum atomic E-state index is 11.7. The molecule has 1 rings (SSSR count). The molecule has 1 aromatic rings. The molecule has 0 aliphatic heterocycles. The maximum absolute atomic E-state index is 11.7. The zero-order chi connectivity index (χ0) is 16.0. The van der Waals surface area contributed by atoms with Crippen molar-refractivity contribution in [3.63, 3.8) is 0 Å². The number of carbonyl (C=O) groups is 1. The van der Waals surface area contributed by atoms with Crippen LogP contribution in [0.5, 0.6) is 0 Å². The van der Waals surface area contributed by atoms with Gasteiger partial charge in [-0.05, 0) is 12.8 Å². The molecule has 0 saturated carbocycles. The lowest BCUT2D eigenvalue weighted by Crippen LogP contribution is -2.28. The van der Waals surface area contributed by atoms with Gasteiger partial charge in [0.1, 0.15) is 17.5 Å². The van der Waals surface area contributed by atoms with Gasteiger partial charge in [0.25, 0.3) is 0 Å². The molecule has 1 heterocycles. The van der Waals surface area contributed by atoms with E-state index in [2.05, 4.69) is 34.4 Å². The van der Waals surface area contributed by atoms with Crippen molar-refractivity contribution in [3.8, 4) is 0 Å². The molecule has 21 heavy (non-hydrogen) atoms. The molecule has 1 amide bonds. The van der Waals surface area contributed by atoms with E-state index in [1.165, 1.54) is 0 Å². The van der Waals surface area contributed by atoms with Crippen LogP contribution in [0.4, 0.5) is 11.6 Å². The van der Waals surface area contributed by atoms with Crippen LogP contribution in [0, 0.1) is 12.8 Å². The van der Waals surface area contributed by atoms with E-state index in [1.807, 2.05) is 20.8 Å². The largest absolute Gasteiger partial charge is 0.383 e.